The van der Waals surface area contributed by atoms with Crippen LogP contribution in [0.15, 0.2) is 47.3 Å². The molecule has 0 saturated carbocycles. The van der Waals surface area contributed by atoms with Crippen LogP contribution in [0, 0.1) is 20.8 Å². The number of aryl methyl sites for hydroxylation is 4. The molecule has 1 atom stereocenters. The Bertz CT molecular complexity index is 1050. The maximum absolute atomic E-state index is 12.6. The fraction of sp³-hybridized carbons (Fsp3) is 0.348. The molecule has 0 aliphatic rings. The number of hydrogen-bond acceptors (Lipinski definition) is 3. The Hall–Kier alpha value is -2.95. The number of nitrogens with one attached hydrogen (secondary N) is 1. The van der Waals surface area contributed by atoms with E-state index in [9.17, 15) is 9.59 Å². The summed E-state index contributed by atoms with van der Waals surface area (Å²) in [4.78, 5) is 29.6. The van der Waals surface area contributed by atoms with Crippen LogP contribution in [0.1, 0.15) is 35.7 Å². The Balaban J connectivity index is 1.74. The largest absolute Gasteiger partial charge is 0.352 e. The molecule has 1 heterocycles. The maximum atomic E-state index is 12.6. The van der Waals surface area contributed by atoms with E-state index < -0.39 is 0 Å². The number of fused-ring (bicyclic) bond motifs is 1. The molecule has 0 radical (unpaired) electrons. The smallest absolute Gasteiger partial charge is 0.272 e. The van der Waals surface area contributed by atoms with Gasteiger partial charge in [0.05, 0.1) is 11.0 Å². The summed E-state index contributed by atoms with van der Waals surface area (Å²) in [5, 5.41) is 3.02. The van der Waals surface area contributed by atoms with Gasteiger partial charge in [-0.05, 0) is 69.4 Å². The Kier molecular flexibility index (Phi) is 5.93. The van der Waals surface area contributed by atoms with Crippen molar-refractivity contribution in [2.24, 2.45) is 0 Å². The number of amides is 1. The lowest BCUT2D eigenvalue weighted by Gasteiger charge is -2.16. The minimum Gasteiger partial charge on any atom is -0.352 e. The highest BCUT2D eigenvalue weighted by molar-refractivity contribution is 5.81. The molecule has 0 aliphatic heterocycles. The zero-order chi connectivity index (χ0) is 20.3. The fourth-order valence-electron chi connectivity index (χ4n) is 3.35. The van der Waals surface area contributed by atoms with E-state index in [0.29, 0.717) is 11.2 Å². The number of rotatable bonds is 6. The van der Waals surface area contributed by atoms with E-state index in [1.165, 1.54) is 10.1 Å². The van der Waals surface area contributed by atoms with Gasteiger partial charge in [-0.2, -0.15) is 0 Å². The van der Waals surface area contributed by atoms with Gasteiger partial charge in [-0.1, -0.05) is 30.3 Å². The Morgan fingerprint density at radius 2 is 1.79 bits per heavy atom. The van der Waals surface area contributed by atoms with Gasteiger partial charge >= 0.3 is 0 Å². The van der Waals surface area contributed by atoms with Gasteiger partial charge in [-0.25, -0.2) is 4.98 Å². The quantitative estimate of drug-likeness (QED) is 0.715. The summed E-state index contributed by atoms with van der Waals surface area (Å²) in [7, 11) is 0. The van der Waals surface area contributed by atoms with E-state index in [1.807, 2.05) is 51.1 Å². The Morgan fingerprint density at radius 1 is 1.11 bits per heavy atom. The van der Waals surface area contributed by atoms with Crippen molar-refractivity contribution in [1.82, 2.24) is 14.9 Å². The molecule has 1 unspecified atom stereocenters. The number of aromatic nitrogens is 2. The molecule has 0 fully saturated rings. The number of carbonyl (C=O) groups excluding carboxylic acids is 1. The SMILES string of the molecule is Cc1cc2nc(C)c(=O)n(CC(=O)NC(C)CCc3ccccc3)c2cc1C. The minimum absolute atomic E-state index is 0.00310. The Labute approximate surface area is 165 Å². The Morgan fingerprint density at radius 3 is 2.50 bits per heavy atom. The molecule has 3 rings (SSSR count). The van der Waals surface area contributed by atoms with Gasteiger partial charge in [0, 0.05) is 6.04 Å². The molecule has 5 nitrogen and oxygen atoms in total. The van der Waals surface area contributed by atoms with Crippen LogP contribution in [-0.2, 0) is 17.8 Å². The molecule has 0 aliphatic carbocycles. The van der Waals surface area contributed by atoms with Gasteiger partial charge in [-0.15, -0.1) is 0 Å². The monoisotopic (exact) mass is 377 g/mol. The predicted molar refractivity (Wildman–Crippen MR) is 113 cm³/mol. The molecule has 0 bridgehead atoms. The lowest BCUT2D eigenvalue weighted by atomic mass is 10.1. The van der Waals surface area contributed by atoms with Crippen LogP contribution in [0.25, 0.3) is 11.0 Å². The van der Waals surface area contributed by atoms with E-state index in [1.54, 1.807) is 6.92 Å². The summed E-state index contributed by atoms with van der Waals surface area (Å²) in [5.41, 5.74) is 5.06. The van der Waals surface area contributed by atoms with Crippen molar-refractivity contribution >= 4 is 16.9 Å². The first-order valence-corrected chi connectivity index (χ1v) is 9.67. The predicted octanol–water partition coefficient (Wildman–Crippen LogP) is 3.46. The van der Waals surface area contributed by atoms with Crippen LogP contribution in [0.2, 0.25) is 0 Å². The standard InChI is InChI=1S/C23H27N3O2/c1-15-12-20-21(13-16(15)2)26(23(28)18(4)25-20)14-22(27)24-17(3)10-11-19-8-6-5-7-9-19/h5-9,12-13,17H,10-11,14H2,1-4H3,(H,24,27). The van der Waals surface area contributed by atoms with Crippen LogP contribution in [0.4, 0.5) is 0 Å². The van der Waals surface area contributed by atoms with Gasteiger partial charge in [0.15, 0.2) is 0 Å². The summed E-state index contributed by atoms with van der Waals surface area (Å²) in [5.74, 6) is -0.159. The molecular formula is C23H27N3O2. The molecule has 1 amide bonds. The van der Waals surface area contributed by atoms with Gasteiger partial charge in [0.2, 0.25) is 5.91 Å². The highest BCUT2D eigenvalue weighted by Crippen LogP contribution is 2.17. The second-order valence-electron chi connectivity index (χ2n) is 7.51. The fourth-order valence-corrected chi connectivity index (χ4v) is 3.35. The van der Waals surface area contributed by atoms with Crippen LogP contribution in [0.3, 0.4) is 0 Å². The molecule has 28 heavy (non-hydrogen) atoms. The van der Waals surface area contributed by atoms with Gasteiger partial charge in [0.1, 0.15) is 12.2 Å². The van der Waals surface area contributed by atoms with E-state index in [0.717, 1.165) is 29.5 Å². The van der Waals surface area contributed by atoms with Crippen molar-refractivity contribution in [2.45, 2.75) is 53.1 Å². The van der Waals surface area contributed by atoms with E-state index in [4.69, 9.17) is 0 Å². The zero-order valence-electron chi connectivity index (χ0n) is 17.0. The zero-order valence-corrected chi connectivity index (χ0v) is 17.0. The average Bonchev–Trinajstić information content (AvgIpc) is 2.66. The van der Waals surface area contributed by atoms with Crippen molar-refractivity contribution in [1.29, 1.82) is 0 Å². The summed E-state index contributed by atoms with van der Waals surface area (Å²) in [6.45, 7) is 7.69. The molecule has 1 aromatic heterocycles. The number of nitrogens with zero attached hydrogens (tertiary/aromatic N) is 2. The molecule has 0 saturated heterocycles. The molecule has 146 valence electrons. The van der Waals surface area contributed by atoms with Gasteiger partial charge in [-0.3, -0.25) is 14.2 Å². The minimum atomic E-state index is -0.220. The highest BCUT2D eigenvalue weighted by Gasteiger charge is 2.14. The van der Waals surface area contributed by atoms with Crippen molar-refractivity contribution in [2.75, 3.05) is 0 Å². The lowest BCUT2D eigenvalue weighted by molar-refractivity contribution is -0.122. The second kappa shape index (κ2) is 8.38. The number of hydrogen-bond donors (Lipinski definition) is 1. The first-order valence-electron chi connectivity index (χ1n) is 9.67. The van der Waals surface area contributed by atoms with E-state index in [-0.39, 0.29) is 24.1 Å². The van der Waals surface area contributed by atoms with Crippen LogP contribution >= 0.6 is 0 Å². The topological polar surface area (TPSA) is 64.0 Å². The first-order chi connectivity index (χ1) is 13.3. The second-order valence-corrected chi connectivity index (χ2v) is 7.51. The molecule has 2 aromatic carbocycles. The highest BCUT2D eigenvalue weighted by atomic mass is 16.2. The third-order valence-electron chi connectivity index (χ3n) is 5.14. The summed E-state index contributed by atoms with van der Waals surface area (Å²) in [6.07, 6.45) is 1.75. The number of benzene rings is 2. The van der Waals surface area contributed by atoms with Crippen LogP contribution in [0.5, 0.6) is 0 Å². The summed E-state index contributed by atoms with van der Waals surface area (Å²) >= 11 is 0. The third kappa shape index (κ3) is 4.47. The van der Waals surface area contributed by atoms with Crippen molar-refractivity contribution in [3.8, 4) is 0 Å². The maximum Gasteiger partial charge on any atom is 0.272 e. The molecule has 0 spiro atoms. The number of carbonyl (C=O) groups is 1. The van der Waals surface area contributed by atoms with Crippen LogP contribution in [-0.4, -0.2) is 21.5 Å². The van der Waals surface area contributed by atoms with Gasteiger partial charge in [0.25, 0.3) is 5.56 Å². The van der Waals surface area contributed by atoms with Crippen LogP contribution < -0.4 is 10.9 Å². The first kappa shape index (κ1) is 19.8. The van der Waals surface area contributed by atoms with Crippen molar-refractivity contribution in [3.63, 3.8) is 0 Å². The summed E-state index contributed by atoms with van der Waals surface area (Å²) in [6, 6.07) is 14.1. The van der Waals surface area contributed by atoms with E-state index >= 15 is 0 Å². The van der Waals surface area contributed by atoms with Crippen molar-refractivity contribution in [3.05, 3.63) is 75.2 Å². The lowest BCUT2D eigenvalue weighted by Crippen LogP contribution is -2.38. The third-order valence-corrected chi connectivity index (χ3v) is 5.14. The molecular weight excluding hydrogens is 350 g/mol. The normalized spacial score (nSPS) is 12.1. The molecule has 3 aromatic rings. The summed E-state index contributed by atoms with van der Waals surface area (Å²) < 4.78 is 1.53. The van der Waals surface area contributed by atoms with Crippen molar-refractivity contribution < 1.29 is 4.79 Å². The van der Waals surface area contributed by atoms with E-state index in [2.05, 4.69) is 22.4 Å². The van der Waals surface area contributed by atoms with Gasteiger partial charge < -0.3 is 5.32 Å². The molecule has 1 N–H and O–H groups in total. The average molecular weight is 377 g/mol. The molecule has 5 heteroatoms.